The number of nitrogens with two attached hydrogens (primary N) is 1. The van der Waals surface area contributed by atoms with Gasteiger partial charge in [0.15, 0.2) is 0 Å². The van der Waals surface area contributed by atoms with E-state index in [4.69, 9.17) is 5.73 Å². The van der Waals surface area contributed by atoms with E-state index >= 15 is 0 Å². The molecule has 3 N–H and O–H groups in total. The number of nitrogens with zero attached hydrogens (tertiary/aromatic N) is 1. The van der Waals surface area contributed by atoms with Crippen molar-refractivity contribution in [1.29, 1.82) is 0 Å². The third kappa shape index (κ3) is 9.64. The molecule has 3 rings (SSSR count). The standard InChI is InChI=1S/C24H36IN3O2.C8H9F/c1-7-18(19-13-9-8-11-16(19)2)21(25-6)27-20(24(3,4)5)23(30)28-14-10-12-17(15-28)22(26)29;1-2-7-3-5-8(9)6-4-7/h7-9,11,13,17,20,27H,10,12,14-15H2,1-6H3,(H2,26,29);3-6H,2H2,1H3/b18-7+;. The van der Waals surface area contributed by atoms with Crippen LogP contribution in [0.25, 0.3) is 5.57 Å². The molecule has 5 nitrogen and oxygen atoms in total. The molecule has 2 aromatic rings. The molecule has 1 heterocycles. The molecule has 1 aliphatic rings. The van der Waals surface area contributed by atoms with Gasteiger partial charge in [0.2, 0.25) is 11.8 Å². The fraction of sp³-hybridized carbons (Fsp3) is 0.469. The second-order valence-electron chi connectivity index (χ2n) is 11.0. The fourth-order valence-electron chi connectivity index (χ4n) is 4.60. The summed E-state index contributed by atoms with van der Waals surface area (Å²) in [5.74, 6) is -0.658. The summed E-state index contributed by atoms with van der Waals surface area (Å²) >= 11 is -0.297. The lowest BCUT2D eigenvalue weighted by Gasteiger charge is -2.38. The number of allylic oxidation sites excluding steroid dienone is 1. The van der Waals surface area contributed by atoms with Crippen LogP contribution >= 0.6 is 20.7 Å². The highest BCUT2D eigenvalue weighted by atomic mass is 127. The van der Waals surface area contributed by atoms with Gasteiger partial charge < -0.3 is 10.6 Å². The summed E-state index contributed by atoms with van der Waals surface area (Å²) in [6.45, 7) is 13.6. The van der Waals surface area contributed by atoms with Crippen molar-refractivity contribution < 1.29 is 14.0 Å². The highest BCUT2D eigenvalue weighted by molar-refractivity contribution is 14.2. The summed E-state index contributed by atoms with van der Waals surface area (Å²) in [6.07, 6.45) is 4.69. The number of hydrogen-bond donors (Lipinski definition) is 2. The Labute approximate surface area is 244 Å². The van der Waals surface area contributed by atoms with E-state index in [1.165, 1.54) is 38.0 Å². The predicted molar refractivity (Wildman–Crippen MR) is 170 cm³/mol. The molecule has 0 radical (unpaired) electrons. The van der Waals surface area contributed by atoms with E-state index in [1.54, 1.807) is 12.1 Å². The number of piperidine rings is 1. The molecule has 1 fully saturated rings. The minimum atomic E-state index is -0.363. The van der Waals surface area contributed by atoms with Crippen molar-refractivity contribution in [2.75, 3.05) is 18.0 Å². The zero-order valence-electron chi connectivity index (χ0n) is 24.5. The summed E-state index contributed by atoms with van der Waals surface area (Å²) in [7, 11) is 0. The second-order valence-corrected chi connectivity index (χ2v) is 13.1. The molecule has 2 aromatic carbocycles. The van der Waals surface area contributed by atoms with E-state index in [9.17, 15) is 14.0 Å². The van der Waals surface area contributed by atoms with Crippen molar-refractivity contribution >= 4 is 41.8 Å². The predicted octanol–water partition coefficient (Wildman–Crippen LogP) is 6.25. The number of hydrogen-bond acceptors (Lipinski definition) is 3. The van der Waals surface area contributed by atoms with Crippen LogP contribution in [-0.2, 0) is 16.0 Å². The molecule has 214 valence electrons. The maximum absolute atomic E-state index is 13.6. The van der Waals surface area contributed by atoms with Gasteiger partial charge in [-0.05, 0) is 72.3 Å². The number of carbonyl (C=O) groups excluding carboxylic acids is 2. The molecule has 2 unspecified atom stereocenters. The van der Waals surface area contributed by atoms with Crippen LogP contribution < -0.4 is 11.1 Å². The van der Waals surface area contributed by atoms with Crippen molar-refractivity contribution in [3.63, 3.8) is 0 Å². The normalized spacial score (nSPS) is 17.4. The first-order valence-electron chi connectivity index (χ1n) is 13.6. The first kappa shape index (κ1) is 32.8. The Hall–Kier alpha value is -2.39. The summed E-state index contributed by atoms with van der Waals surface area (Å²) in [5, 5.41) is 3.65. The number of benzene rings is 2. The Morgan fingerprint density at radius 3 is 2.33 bits per heavy atom. The molecular weight excluding hydrogens is 604 g/mol. The molecular formula is C32H45FIN3O2. The molecule has 1 aliphatic heterocycles. The Morgan fingerprint density at radius 1 is 1.18 bits per heavy atom. The summed E-state index contributed by atoms with van der Waals surface area (Å²) in [5.41, 5.74) is 10.0. The van der Waals surface area contributed by atoms with Crippen molar-refractivity contribution in [2.45, 2.75) is 66.8 Å². The van der Waals surface area contributed by atoms with Crippen molar-refractivity contribution in [2.24, 2.45) is 17.1 Å². The third-order valence-electron chi connectivity index (χ3n) is 6.99. The number of alkyl halides is 1. The van der Waals surface area contributed by atoms with Crippen LogP contribution in [0.1, 0.15) is 64.2 Å². The van der Waals surface area contributed by atoms with Crippen molar-refractivity contribution in [3.8, 4) is 0 Å². The molecule has 7 heteroatoms. The zero-order valence-corrected chi connectivity index (χ0v) is 26.6. The summed E-state index contributed by atoms with van der Waals surface area (Å²) in [4.78, 5) is 29.3. The fourth-order valence-corrected chi connectivity index (χ4v) is 6.40. The first-order chi connectivity index (χ1) is 18.4. The molecule has 0 bridgehead atoms. The largest absolute Gasteiger partial charge is 0.369 e. The molecule has 2 amide bonds. The number of nitrogens with one attached hydrogen (secondary N) is 1. The summed E-state index contributed by atoms with van der Waals surface area (Å²) in [6, 6.07) is 14.6. The molecule has 0 spiro atoms. The molecule has 0 aliphatic carbocycles. The molecule has 0 aromatic heterocycles. The molecule has 1 saturated heterocycles. The number of halogens is 2. The van der Waals surface area contributed by atoms with E-state index in [1.807, 2.05) is 17.9 Å². The van der Waals surface area contributed by atoms with Gasteiger partial charge in [-0.1, -0.05) is 70.2 Å². The molecule has 39 heavy (non-hydrogen) atoms. The van der Waals surface area contributed by atoms with Gasteiger partial charge in [0, 0.05) is 18.7 Å². The number of carbonyl (C=O) groups is 2. The Kier molecular flexibility index (Phi) is 13.0. The van der Waals surface area contributed by atoms with Crippen molar-refractivity contribution in [1.82, 2.24) is 10.2 Å². The van der Waals surface area contributed by atoms with E-state index < -0.39 is 0 Å². The van der Waals surface area contributed by atoms with Gasteiger partial charge in [-0.2, -0.15) is 0 Å². The van der Waals surface area contributed by atoms with Gasteiger partial charge >= 0.3 is 0 Å². The number of aryl methyl sites for hydroxylation is 2. The van der Waals surface area contributed by atoms with Crippen LogP contribution in [0.4, 0.5) is 4.39 Å². The number of likely N-dealkylation sites (tertiary alicyclic amines) is 1. The maximum atomic E-state index is 13.6. The highest BCUT2D eigenvalue weighted by Crippen LogP contribution is 2.28. The smallest absolute Gasteiger partial charge is 0.240 e. The van der Waals surface area contributed by atoms with Gasteiger partial charge in [-0.3, -0.25) is 14.9 Å². The number of primary amides is 1. The average Bonchev–Trinajstić information content (AvgIpc) is 2.91. The van der Waals surface area contributed by atoms with Crippen LogP contribution in [-0.4, -0.2) is 44.4 Å². The Morgan fingerprint density at radius 2 is 1.82 bits per heavy atom. The van der Waals surface area contributed by atoms with E-state index in [0.29, 0.717) is 13.1 Å². The van der Waals surface area contributed by atoms with Crippen LogP contribution in [0.3, 0.4) is 0 Å². The number of rotatable bonds is 7. The summed E-state index contributed by atoms with van der Waals surface area (Å²) < 4.78 is 13.4. The van der Waals surface area contributed by atoms with Crippen LogP contribution in [0, 0.1) is 24.1 Å². The topological polar surface area (TPSA) is 75.4 Å². The minimum Gasteiger partial charge on any atom is -0.369 e. The monoisotopic (exact) mass is 649 g/mol. The van der Waals surface area contributed by atoms with Gasteiger partial charge in [-0.15, -0.1) is 20.7 Å². The minimum absolute atomic E-state index is 0.0589. The van der Waals surface area contributed by atoms with Crippen LogP contribution in [0.15, 0.2) is 54.6 Å². The SMILES string of the molecule is C/C=C(/C(NC(C(=O)N1CCCC(C(N)=O)C1)C(C)(C)C)=IC)c1ccccc1C.CCc1ccc(F)cc1. The average molecular weight is 650 g/mol. The lowest BCUT2D eigenvalue weighted by atomic mass is 9.84. The maximum Gasteiger partial charge on any atom is 0.240 e. The highest BCUT2D eigenvalue weighted by Gasteiger charge is 2.37. The van der Waals surface area contributed by atoms with Gasteiger partial charge in [0.1, 0.15) is 5.82 Å². The lowest BCUT2D eigenvalue weighted by molar-refractivity contribution is -0.138. The van der Waals surface area contributed by atoms with Crippen molar-refractivity contribution in [3.05, 3.63) is 77.1 Å². The van der Waals surface area contributed by atoms with E-state index in [0.717, 1.165) is 19.3 Å². The lowest BCUT2D eigenvalue weighted by Crippen LogP contribution is -2.57. The van der Waals surface area contributed by atoms with Gasteiger partial charge in [0.05, 0.1) is 15.6 Å². The van der Waals surface area contributed by atoms with Crippen LogP contribution in [0.2, 0.25) is 0 Å². The van der Waals surface area contributed by atoms with Gasteiger partial charge in [0.25, 0.3) is 0 Å². The second kappa shape index (κ2) is 15.4. The van der Waals surface area contributed by atoms with E-state index in [-0.39, 0.29) is 55.7 Å². The Balaban J connectivity index is 0.000000499. The Bertz CT molecular complexity index is 1170. The quantitative estimate of drug-likeness (QED) is 0.276. The molecule has 2 atom stereocenters. The molecule has 0 saturated carbocycles. The van der Waals surface area contributed by atoms with Crippen LogP contribution in [0.5, 0.6) is 0 Å². The van der Waals surface area contributed by atoms with Gasteiger partial charge in [-0.25, -0.2) is 4.39 Å². The first-order valence-corrected chi connectivity index (χ1v) is 16.8. The van der Waals surface area contributed by atoms with E-state index in [2.05, 4.69) is 69.1 Å². The third-order valence-corrected chi connectivity index (χ3v) is 8.96. The zero-order chi connectivity index (χ0) is 29.2. The number of amides is 2.